The van der Waals surface area contributed by atoms with Crippen molar-refractivity contribution in [2.45, 2.75) is 40.7 Å². The number of rotatable bonds is 5. The van der Waals surface area contributed by atoms with E-state index in [1.165, 1.54) is 11.1 Å². The molecule has 0 saturated heterocycles. The van der Waals surface area contributed by atoms with Crippen molar-refractivity contribution < 1.29 is 4.74 Å². The van der Waals surface area contributed by atoms with Crippen molar-refractivity contribution in [1.82, 2.24) is 0 Å². The summed E-state index contributed by atoms with van der Waals surface area (Å²) in [5.74, 6) is 1.63. The molecule has 4 N–H and O–H groups in total. The first-order valence-electron chi connectivity index (χ1n) is 6.95. The van der Waals surface area contributed by atoms with Crippen LogP contribution >= 0.6 is 0 Å². The van der Waals surface area contributed by atoms with Gasteiger partial charge in [0.15, 0.2) is 0 Å². The molecule has 2 atom stereocenters. The Morgan fingerprint density at radius 3 is 2.16 bits per heavy atom. The van der Waals surface area contributed by atoms with E-state index >= 15 is 0 Å². The number of methoxy groups -OCH3 is 1. The average Bonchev–Trinajstić information content (AvgIpc) is 2.33. The third-order valence-electron chi connectivity index (χ3n) is 4.16. The molecule has 0 radical (unpaired) electrons. The van der Waals surface area contributed by atoms with Crippen molar-refractivity contribution in [1.29, 1.82) is 0 Å². The molecule has 1 rings (SSSR count). The zero-order chi connectivity index (χ0) is 14.7. The molecule has 0 heterocycles. The molecule has 1 aromatic carbocycles. The molecule has 0 aromatic heterocycles. The Hall–Kier alpha value is -1.06. The average molecular weight is 264 g/mol. The van der Waals surface area contributed by atoms with Gasteiger partial charge in [-0.05, 0) is 55.8 Å². The van der Waals surface area contributed by atoms with Gasteiger partial charge in [-0.2, -0.15) is 0 Å². The van der Waals surface area contributed by atoms with Crippen molar-refractivity contribution in [2.24, 2.45) is 23.3 Å². The maximum absolute atomic E-state index is 6.49. The minimum Gasteiger partial charge on any atom is -0.496 e. The largest absolute Gasteiger partial charge is 0.496 e. The molecular formula is C16H28N2O. The van der Waals surface area contributed by atoms with Crippen LogP contribution in [0.3, 0.4) is 0 Å². The van der Waals surface area contributed by atoms with Gasteiger partial charge < -0.3 is 16.2 Å². The first-order valence-corrected chi connectivity index (χ1v) is 6.95. The maximum Gasteiger partial charge on any atom is 0.127 e. The molecule has 3 nitrogen and oxygen atoms in total. The van der Waals surface area contributed by atoms with E-state index in [1.54, 1.807) is 7.11 Å². The Kier molecular flexibility index (Phi) is 5.39. The zero-order valence-electron chi connectivity index (χ0n) is 13.1. The van der Waals surface area contributed by atoms with Gasteiger partial charge >= 0.3 is 0 Å². The highest BCUT2D eigenvalue weighted by Crippen LogP contribution is 2.37. The molecule has 0 amide bonds. The standard InChI is InChI=1S/C16H28N2O/c1-9(2)13(8-17)15(18)14-11(4)7-10(3)12(5)16(14)19-6/h7,9,13,15H,8,17-18H2,1-6H3. The molecular weight excluding hydrogens is 236 g/mol. The SMILES string of the molecule is COc1c(C)c(C)cc(C)c1C(N)C(CN)C(C)C. The van der Waals surface area contributed by atoms with Crippen LogP contribution in [0.1, 0.15) is 42.1 Å². The fourth-order valence-electron chi connectivity index (χ4n) is 2.80. The van der Waals surface area contributed by atoms with Gasteiger partial charge in [-0.1, -0.05) is 19.9 Å². The van der Waals surface area contributed by atoms with E-state index in [-0.39, 0.29) is 12.0 Å². The Balaban J connectivity index is 3.37. The minimum atomic E-state index is -0.0840. The van der Waals surface area contributed by atoms with Gasteiger partial charge in [0.2, 0.25) is 0 Å². The van der Waals surface area contributed by atoms with E-state index in [0.29, 0.717) is 12.5 Å². The lowest BCUT2D eigenvalue weighted by molar-refractivity contribution is 0.319. The van der Waals surface area contributed by atoms with Crippen LogP contribution in [0.15, 0.2) is 6.07 Å². The van der Waals surface area contributed by atoms with E-state index in [9.17, 15) is 0 Å². The fraction of sp³-hybridized carbons (Fsp3) is 0.625. The normalized spacial score (nSPS) is 14.6. The molecule has 108 valence electrons. The van der Waals surface area contributed by atoms with Crippen LogP contribution in [0.2, 0.25) is 0 Å². The lowest BCUT2D eigenvalue weighted by atomic mass is 9.82. The van der Waals surface area contributed by atoms with Crippen LogP contribution in [0.5, 0.6) is 5.75 Å². The lowest BCUT2D eigenvalue weighted by Gasteiger charge is -2.29. The van der Waals surface area contributed by atoms with E-state index in [4.69, 9.17) is 16.2 Å². The maximum atomic E-state index is 6.49. The quantitative estimate of drug-likeness (QED) is 0.859. The highest BCUT2D eigenvalue weighted by Gasteiger charge is 2.26. The molecule has 0 bridgehead atoms. The van der Waals surface area contributed by atoms with E-state index in [1.807, 2.05) is 0 Å². The van der Waals surface area contributed by atoms with Gasteiger partial charge in [-0.25, -0.2) is 0 Å². The first-order chi connectivity index (χ1) is 8.84. The Labute approximate surface area is 117 Å². The van der Waals surface area contributed by atoms with Crippen molar-refractivity contribution in [3.8, 4) is 5.75 Å². The monoisotopic (exact) mass is 264 g/mol. The summed E-state index contributed by atoms with van der Waals surface area (Å²) in [4.78, 5) is 0. The van der Waals surface area contributed by atoms with Crippen LogP contribution in [0.25, 0.3) is 0 Å². The topological polar surface area (TPSA) is 61.3 Å². The Morgan fingerprint density at radius 1 is 1.16 bits per heavy atom. The summed E-state index contributed by atoms with van der Waals surface area (Å²) in [6, 6.07) is 2.10. The Bertz CT molecular complexity index is 441. The highest BCUT2D eigenvalue weighted by molar-refractivity contribution is 5.51. The number of hydrogen-bond donors (Lipinski definition) is 2. The lowest BCUT2D eigenvalue weighted by Crippen LogP contribution is -2.32. The Morgan fingerprint density at radius 2 is 1.74 bits per heavy atom. The van der Waals surface area contributed by atoms with Crippen molar-refractivity contribution in [2.75, 3.05) is 13.7 Å². The van der Waals surface area contributed by atoms with Crippen molar-refractivity contribution in [3.63, 3.8) is 0 Å². The molecule has 0 fully saturated rings. The van der Waals surface area contributed by atoms with E-state index in [2.05, 4.69) is 40.7 Å². The predicted molar refractivity (Wildman–Crippen MR) is 81.5 cm³/mol. The van der Waals surface area contributed by atoms with Gasteiger partial charge in [0, 0.05) is 11.6 Å². The van der Waals surface area contributed by atoms with Gasteiger partial charge in [0.1, 0.15) is 5.75 Å². The number of nitrogens with two attached hydrogens (primary N) is 2. The second kappa shape index (κ2) is 6.40. The predicted octanol–water partition coefficient (Wildman–Crippen LogP) is 2.85. The van der Waals surface area contributed by atoms with Crippen LogP contribution < -0.4 is 16.2 Å². The van der Waals surface area contributed by atoms with Crippen molar-refractivity contribution >= 4 is 0 Å². The molecule has 0 saturated carbocycles. The zero-order valence-corrected chi connectivity index (χ0v) is 13.1. The number of ether oxygens (including phenoxy) is 1. The summed E-state index contributed by atoms with van der Waals surface area (Å²) >= 11 is 0. The van der Waals surface area contributed by atoms with Crippen LogP contribution in [0, 0.1) is 32.6 Å². The van der Waals surface area contributed by atoms with Crippen molar-refractivity contribution in [3.05, 3.63) is 28.3 Å². The summed E-state index contributed by atoms with van der Waals surface area (Å²) in [7, 11) is 1.71. The summed E-state index contributed by atoms with van der Waals surface area (Å²) in [5, 5.41) is 0. The molecule has 1 aromatic rings. The second-order valence-corrected chi connectivity index (χ2v) is 5.75. The van der Waals surface area contributed by atoms with Gasteiger partial charge in [0.25, 0.3) is 0 Å². The third-order valence-corrected chi connectivity index (χ3v) is 4.16. The summed E-state index contributed by atoms with van der Waals surface area (Å²) in [5.41, 5.74) is 17.1. The molecule has 0 aliphatic rings. The summed E-state index contributed by atoms with van der Waals surface area (Å²) in [6.45, 7) is 11.2. The summed E-state index contributed by atoms with van der Waals surface area (Å²) < 4.78 is 5.61. The van der Waals surface area contributed by atoms with Gasteiger partial charge in [0.05, 0.1) is 7.11 Å². The molecule has 19 heavy (non-hydrogen) atoms. The van der Waals surface area contributed by atoms with Crippen LogP contribution in [-0.4, -0.2) is 13.7 Å². The smallest absolute Gasteiger partial charge is 0.127 e. The summed E-state index contributed by atoms with van der Waals surface area (Å²) in [6.07, 6.45) is 0. The molecule has 0 spiro atoms. The molecule has 0 aliphatic heterocycles. The van der Waals surface area contributed by atoms with Gasteiger partial charge in [-0.15, -0.1) is 0 Å². The minimum absolute atomic E-state index is 0.0840. The highest BCUT2D eigenvalue weighted by atomic mass is 16.5. The fourth-order valence-corrected chi connectivity index (χ4v) is 2.80. The second-order valence-electron chi connectivity index (χ2n) is 5.75. The number of benzene rings is 1. The van der Waals surface area contributed by atoms with Gasteiger partial charge in [-0.3, -0.25) is 0 Å². The molecule has 0 aliphatic carbocycles. The van der Waals surface area contributed by atoms with Crippen LogP contribution in [-0.2, 0) is 0 Å². The van der Waals surface area contributed by atoms with E-state index < -0.39 is 0 Å². The number of hydrogen-bond acceptors (Lipinski definition) is 3. The number of aryl methyl sites for hydroxylation is 2. The first kappa shape index (κ1) is 16.0. The third kappa shape index (κ3) is 3.10. The molecule has 2 unspecified atom stereocenters. The van der Waals surface area contributed by atoms with Crippen LogP contribution in [0.4, 0.5) is 0 Å². The van der Waals surface area contributed by atoms with E-state index in [0.717, 1.165) is 16.9 Å². The molecule has 3 heteroatoms.